The number of ether oxygens (including phenoxy) is 1. The van der Waals surface area contributed by atoms with E-state index in [4.69, 9.17) is 4.74 Å². The largest absolute Gasteiger partial charge is 0.381 e. The summed E-state index contributed by atoms with van der Waals surface area (Å²) >= 11 is 1.01. The lowest BCUT2D eigenvalue weighted by Crippen LogP contribution is -2.19. The molecule has 0 aliphatic carbocycles. The topological polar surface area (TPSA) is 81.9 Å². The molecule has 0 saturated carbocycles. The Hall–Kier alpha value is -1.80. The Morgan fingerprint density at radius 2 is 2.58 bits per heavy atom. The summed E-state index contributed by atoms with van der Waals surface area (Å²) in [7, 11) is 0. The predicted molar refractivity (Wildman–Crippen MR) is 69.0 cm³/mol. The minimum absolute atomic E-state index is 0.266. The normalized spacial score (nSPS) is 18.6. The van der Waals surface area contributed by atoms with Crippen molar-refractivity contribution in [2.24, 2.45) is 5.92 Å². The van der Waals surface area contributed by atoms with Crippen LogP contribution in [0.3, 0.4) is 0 Å². The maximum absolute atomic E-state index is 11.9. The van der Waals surface area contributed by atoms with Crippen molar-refractivity contribution in [2.45, 2.75) is 13.0 Å². The van der Waals surface area contributed by atoms with Crippen molar-refractivity contribution in [1.82, 2.24) is 18.5 Å². The van der Waals surface area contributed by atoms with Crippen LogP contribution >= 0.6 is 11.7 Å². The van der Waals surface area contributed by atoms with E-state index in [-0.39, 0.29) is 5.91 Å². The minimum Gasteiger partial charge on any atom is -0.381 e. The Morgan fingerprint density at radius 3 is 3.32 bits per heavy atom. The Morgan fingerprint density at radius 1 is 1.63 bits per heavy atom. The predicted octanol–water partition coefficient (Wildman–Crippen LogP) is 1.02. The van der Waals surface area contributed by atoms with E-state index >= 15 is 0 Å². The number of carbonyl (C=O) groups excluding carboxylic acids is 1. The molecule has 8 heteroatoms. The number of amides is 1. The third-order valence-electron chi connectivity index (χ3n) is 3.01. The van der Waals surface area contributed by atoms with Gasteiger partial charge in [-0.1, -0.05) is 0 Å². The molecule has 100 valence electrons. The van der Waals surface area contributed by atoms with E-state index < -0.39 is 0 Å². The molecule has 0 spiro atoms. The SMILES string of the molecule is O=C(Nc1ccnn1C[C@@H]1CCOC1)c1cnsn1. The van der Waals surface area contributed by atoms with Crippen molar-refractivity contribution in [1.29, 1.82) is 0 Å². The molecule has 3 rings (SSSR count). The molecule has 2 aromatic rings. The third-order valence-corrected chi connectivity index (χ3v) is 3.49. The first-order valence-corrected chi connectivity index (χ1v) is 6.74. The fourth-order valence-electron chi connectivity index (χ4n) is 2.00. The maximum atomic E-state index is 11.9. The molecule has 0 bridgehead atoms. The number of carbonyl (C=O) groups is 1. The zero-order valence-corrected chi connectivity index (χ0v) is 11.0. The molecule has 1 amide bonds. The average molecular weight is 279 g/mol. The van der Waals surface area contributed by atoms with Gasteiger partial charge in [0.15, 0.2) is 5.69 Å². The second kappa shape index (κ2) is 5.45. The van der Waals surface area contributed by atoms with E-state index in [1.165, 1.54) is 6.20 Å². The number of aromatic nitrogens is 4. The summed E-state index contributed by atoms with van der Waals surface area (Å²) in [6.07, 6.45) is 4.15. The van der Waals surface area contributed by atoms with Gasteiger partial charge in [-0.2, -0.15) is 13.8 Å². The fourth-order valence-corrected chi connectivity index (χ4v) is 2.41. The molecule has 1 N–H and O–H groups in total. The van der Waals surface area contributed by atoms with E-state index in [1.807, 2.05) is 0 Å². The Balaban J connectivity index is 1.68. The van der Waals surface area contributed by atoms with Crippen molar-refractivity contribution in [3.63, 3.8) is 0 Å². The molecule has 1 atom stereocenters. The van der Waals surface area contributed by atoms with Crippen LogP contribution in [0.15, 0.2) is 18.5 Å². The van der Waals surface area contributed by atoms with Crippen LogP contribution < -0.4 is 5.32 Å². The molecule has 3 heterocycles. The number of nitrogens with one attached hydrogen (secondary N) is 1. The van der Waals surface area contributed by atoms with Crippen LogP contribution in [0.25, 0.3) is 0 Å². The smallest absolute Gasteiger partial charge is 0.278 e. The molecular formula is C11H13N5O2S. The fraction of sp³-hybridized carbons (Fsp3) is 0.455. The van der Waals surface area contributed by atoms with Crippen molar-refractivity contribution < 1.29 is 9.53 Å². The van der Waals surface area contributed by atoms with Gasteiger partial charge in [-0.15, -0.1) is 0 Å². The molecule has 0 aromatic carbocycles. The van der Waals surface area contributed by atoms with Crippen molar-refractivity contribution >= 4 is 23.5 Å². The van der Waals surface area contributed by atoms with Crippen molar-refractivity contribution in [3.05, 3.63) is 24.2 Å². The summed E-state index contributed by atoms with van der Waals surface area (Å²) in [6.45, 7) is 2.30. The second-order valence-electron chi connectivity index (χ2n) is 4.37. The van der Waals surface area contributed by atoms with Gasteiger partial charge in [-0.3, -0.25) is 4.79 Å². The number of rotatable bonds is 4. The molecule has 1 aliphatic rings. The lowest BCUT2D eigenvalue weighted by atomic mass is 10.1. The average Bonchev–Trinajstić information content (AvgIpc) is 3.12. The van der Waals surface area contributed by atoms with Crippen LogP contribution in [0.1, 0.15) is 16.9 Å². The van der Waals surface area contributed by atoms with E-state index in [0.29, 0.717) is 17.4 Å². The summed E-state index contributed by atoms with van der Waals surface area (Å²) in [4.78, 5) is 11.9. The highest BCUT2D eigenvalue weighted by atomic mass is 32.1. The van der Waals surface area contributed by atoms with Gasteiger partial charge in [0.05, 0.1) is 30.7 Å². The van der Waals surface area contributed by atoms with Crippen molar-refractivity contribution in [3.8, 4) is 0 Å². The molecule has 19 heavy (non-hydrogen) atoms. The molecule has 1 saturated heterocycles. The van der Waals surface area contributed by atoms with Crippen LogP contribution in [0.2, 0.25) is 0 Å². The van der Waals surface area contributed by atoms with E-state index in [0.717, 1.165) is 37.9 Å². The zero-order chi connectivity index (χ0) is 13.1. The van der Waals surface area contributed by atoms with Crippen LogP contribution in [-0.4, -0.2) is 37.6 Å². The minimum atomic E-state index is -0.266. The monoisotopic (exact) mass is 279 g/mol. The molecule has 1 fully saturated rings. The van der Waals surface area contributed by atoms with Crippen molar-refractivity contribution in [2.75, 3.05) is 18.5 Å². The van der Waals surface area contributed by atoms with Crippen LogP contribution in [0.5, 0.6) is 0 Å². The number of anilines is 1. The van der Waals surface area contributed by atoms with E-state index in [9.17, 15) is 4.79 Å². The Bertz CT molecular complexity index is 547. The summed E-state index contributed by atoms with van der Waals surface area (Å²) in [6, 6.07) is 1.77. The lowest BCUT2D eigenvalue weighted by Gasteiger charge is -2.11. The van der Waals surface area contributed by atoms with Gasteiger partial charge in [0, 0.05) is 25.1 Å². The second-order valence-corrected chi connectivity index (χ2v) is 4.93. The summed E-state index contributed by atoms with van der Waals surface area (Å²) < 4.78 is 14.8. The quantitative estimate of drug-likeness (QED) is 0.903. The molecule has 7 nitrogen and oxygen atoms in total. The Kier molecular flexibility index (Phi) is 3.51. The molecule has 0 radical (unpaired) electrons. The molecule has 1 aliphatic heterocycles. The first-order chi connectivity index (χ1) is 9.33. The first kappa shape index (κ1) is 12.2. The number of nitrogens with zero attached hydrogens (tertiary/aromatic N) is 4. The standard InChI is InChI=1S/C11H13N5O2S/c17-11(9-5-13-19-15-9)14-10-1-3-12-16(10)6-8-2-4-18-7-8/h1,3,5,8H,2,4,6-7H2,(H,14,17)/t8-/m0/s1. The summed E-state index contributed by atoms with van der Waals surface area (Å²) in [5.41, 5.74) is 0.321. The third kappa shape index (κ3) is 2.79. The van der Waals surface area contributed by atoms with Gasteiger partial charge in [0.25, 0.3) is 5.91 Å². The highest BCUT2D eigenvalue weighted by molar-refractivity contribution is 6.99. The van der Waals surface area contributed by atoms with Gasteiger partial charge < -0.3 is 10.1 Å². The summed E-state index contributed by atoms with van der Waals surface area (Å²) in [5.74, 6) is 0.861. The van der Waals surface area contributed by atoms with Gasteiger partial charge in [0.1, 0.15) is 5.82 Å². The first-order valence-electron chi connectivity index (χ1n) is 6.01. The summed E-state index contributed by atoms with van der Waals surface area (Å²) in [5, 5.41) is 7.02. The highest BCUT2D eigenvalue weighted by Gasteiger charge is 2.18. The lowest BCUT2D eigenvalue weighted by molar-refractivity contribution is 0.102. The number of hydrogen-bond donors (Lipinski definition) is 1. The van der Waals surface area contributed by atoms with Gasteiger partial charge in [-0.25, -0.2) is 4.68 Å². The number of hydrogen-bond acceptors (Lipinski definition) is 6. The zero-order valence-electron chi connectivity index (χ0n) is 10.2. The Labute approximate surface area is 113 Å². The highest BCUT2D eigenvalue weighted by Crippen LogP contribution is 2.17. The maximum Gasteiger partial charge on any atom is 0.278 e. The molecular weight excluding hydrogens is 266 g/mol. The van der Waals surface area contributed by atoms with Crippen LogP contribution in [0.4, 0.5) is 5.82 Å². The van der Waals surface area contributed by atoms with Crippen LogP contribution in [0, 0.1) is 5.92 Å². The van der Waals surface area contributed by atoms with Gasteiger partial charge >= 0.3 is 0 Å². The molecule has 2 aromatic heterocycles. The van der Waals surface area contributed by atoms with Gasteiger partial charge in [0.2, 0.25) is 0 Å². The van der Waals surface area contributed by atoms with Crippen LogP contribution in [-0.2, 0) is 11.3 Å². The van der Waals surface area contributed by atoms with E-state index in [1.54, 1.807) is 16.9 Å². The van der Waals surface area contributed by atoms with E-state index in [2.05, 4.69) is 19.2 Å². The molecule has 0 unspecified atom stereocenters. The van der Waals surface area contributed by atoms with Gasteiger partial charge in [-0.05, 0) is 6.42 Å².